The summed E-state index contributed by atoms with van der Waals surface area (Å²) < 4.78 is 18.0. The topological polar surface area (TPSA) is 138 Å². The summed E-state index contributed by atoms with van der Waals surface area (Å²) in [6.07, 6.45) is 44.4. The number of aromatic carboxylic acids is 3. The summed E-state index contributed by atoms with van der Waals surface area (Å²) in [6, 6.07) is 21.4. The van der Waals surface area contributed by atoms with Gasteiger partial charge < -0.3 is 20.1 Å². The predicted octanol–water partition coefficient (Wildman–Crippen LogP) is 29.1. The molecule has 0 fully saturated rings. The number of rotatable bonds is 40. The fraction of sp³-hybridized carbons (Fsp3) is 0.416. The lowest BCUT2D eigenvalue weighted by Crippen LogP contribution is -2.02. The van der Waals surface area contributed by atoms with Crippen LogP contribution in [0.1, 0.15) is 255 Å². The Kier molecular flexibility index (Phi) is 52.2. The minimum absolute atomic E-state index is 0.0241. The van der Waals surface area contributed by atoms with Crippen molar-refractivity contribution >= 4 is 94.1 Å². The van der Waals surface area contributed by atoms with Gasteiger partial charge in [0.15, 0.2) is 0 Å². The molecule has 0 unspecified atom stereocenters. The molecular formula is C89H119Cl2FO8S4. The first-order chi connectivity index (χ1) is 49.3. The molecule has 0 aliphatic heterocycles. The predicted molar refractivity (Wildman–Crippen MR) is 453 cm³/mol. The van der Waals surface area contributed by atoms with E-state index in [0.29, 0.717) is 36.7 Å². The molecule has 0 radical (unpaired) electrons. The number of halogens is 3. The van der Waals surface area contributed by atoms with Crippen molar-refractivity contribution in [1.29, 1.82) is 0 Å². The van der Waals surface area contributed by atoms with E-state index in [-0.39, 0.29) is 17.1 Å². The highest BCUT2D eigenvalue weighted by Crippen LogP contribution is 2.30. The normalized spacial score (nSPS) is 12.2. The Hall–Kier alpha value is -6.45. The van der Waals surface area contributed by atoms with Gasteiger partial charge in [-0.2, -0.15) is 0 Å². The maximum atomic E-state index is 13.2. The smallest absolute Gasteiger partial charge is 0.338 e. The molecule has 0 aliphatic rings. The van der Waals surface area contributed by atoms with Crippen LogP contribution in [0.5, 0.6) is 0 Å². The summed E-state index contributed by atoms with van der Waals surface area (Å²) in [4.78, 5) is 48.6. The second kappa shape index (κ2) is 56.8. The van der Waals surface area contributed by atoms with E-state index in [1.165, 1.54) is 127 Å². The summed E-state index contributed by atoms with van der Waals surface area (Å²) in [6.45, 7) is 34.4. The number of ether oxygens (including phenoxy) is 1. The third kappa shape index (κ3) is 47.9. The quantitative estimate of drug-likeness (QED) is 0.0222. The zero-order chi connectivity index (χ0) is 77.9. The van der Waals surface area contributed by atoms with Crippen LogP contribution in [0.2, 0.25) is 10.0 Å². The average Bonchev–Trinajstić information content (AvgIpc) is 0.880. The van der Waals surface area contributed by atoms with Crippen molar-refractivity contribution in [2.45, 2.75) is 233 Å². The van der Waals surface area contributed by atoms with Gasteiger partial charge in [0.05, 0.1) is 29.4 Å². The molecule has 3 N–H and O–H groups in total. The molecular weight excluding hydrogens is 1420 g/mol. The average molecular weight is 1540 g/mol. The highest BCUT2D eigenvalue weighted by atomic mass is 35.5. The van der Waals surface area contributed by atoms with Gasteiger partial charge >= 0.3 is 23.9 Å². The zero-order valence-electron chi connectivity index (χ0n) is 65.2. The van der Waals surface area contributed by atoms with E-state index < -0.39 is 23.7 Å². The molecule has 568 valence electrons. The molecule has 0 heterocycles. The lowest BCUT2D eigenvalue weighted by molar-refractivity contribution is 0.0594. The standard InChI is InChI=1S/C23H32O2S.2C22H29ClO2S.C22H29FO2S/c1-18(2)10-8-11-19(3)12-9-13-20(4)16-17-26-22-15-7-6-14-21(22)23(24)25-5;1-16(2)7-5-8-17(3)9-6-10-18(4)13-14-26-21-12-11-19(23)15-20(21)22(24)25;1-16(2)7-5-8-17(3)9-6-10-18(4)13-14-26-21-15-19(23)11-12-20(21)22(24)25;1-16(2)7-5-8-17(3)9-6-10-18(4)13-14-26-21-12-11-19(23)15-20(21)22(24)25/h6-7,10,12,14-16H,8-9,11,13,17H2,1-5H3;3*7,9,11-13,15H,5-6,8,10,14H2,1-4H3,(H,24,25)/b19-12+,20-16+;3*17-9+,18-13+. The zero-order valence-corrected chi connectivity index (χ0v) is 70.0. The number of hydrogen-bond acceptors (Lipinski definition) is 9. The van der Waals surface area contributed by atoms with E-state index in [1.807, 2.05) is 24.3 Å². The number of carbonyl (C=O) groups excluding carboxylic acids is 1. The number of allylic oxidation sites excluding steroid dienone is 20. The van der Waals surface area contributed by atoms with E-state index in [9.17, 15) is 33.8 Å². The van der Waals surface area contributed by atoms with Crippen molar-refractivity contribution in [1.82, 2.24) is 0 Å². The van der Waals surface area contributed by atoms with Crippen LogP contribution in [0.3, 0.4) is 0 Å². The Morgan fingerprint density at radius 1 is 0.337 bits per heavy atom. The molecule has 8 nitrogen and oxygen atoms in total. The van der Waals surface area contributed by atoms with Gasteiger partial charge in [-0.05, 0) is 280 Å². The van der Waals surface area contributed by atoms with Crippen LogP contribution < -0.4 is 0 Å². The Morgan fingerprint density at radius 2 is 0.615 bits per heavy atom. The van der Waals surface area contributed by atoms with Crippen molar-refractivity contribution in [2.75, 3.05) is 30.1 Å². The Bertz CT molecular complexity index is 3610. The third-order valence-corrected chi connectivity index (χ3v) is 20.4. The molecule has 0 spiro atoms. The summed E-state index contributed by atoms with van der Waals surface area (Å²) in [5.41, 5.74) is 17.8. The molecule has 0 saturated heterocycles. The Labute approximate surface area is 652 Å². The number of methoxy groups -OCH3 is 1. The first-order valence-electron chi connectivity index (χ1n) is 35.9. The van der Waals surface area contributed by atoms with Crippen molar-refractivity contribution in [3.8, 4) is 0 Å². The fourth-order valence-corrected chi connectivity index (χ4v) is 14.2. The van der Waals surface area contributed by atoms with Gasteiger partial charge in [-0.1, -0.05) is 175 Å². The van der Waals surface area contributed by atoms with Gasteiger partial charge in [-0.3, -0.25) is 0 Å². The van der Waals surface area contributed by atoms with Gasteiger partial charge in [0, 0.05) is 52.6 Å². The molecule has 104 heavy (non-hydrogen) atoms. The SMILES string of the molecule is CC(C)=CCC/C(C)=C/CC/C(C)=C/CSc1cc(Cl)ccc1C(=O)O.CC(C)=CCC/C(C)=C/CC/C(C)=C/CSc1ccc(Cl)cc1C(=O)O.CC(C)=CCC/C(C)=C/CC/C(C)=C/CSc1ccc(F)cc1C(=O)O.COC(=O)c1ccccc1SC/C=C(\C)CC/C=C(\C)CCC=C(C)C. The van der Waals surface area contributed by atoms with Crippen LogP contribution in [0, 0.1) is 5.82 Å². The molecule has 0 bridgehead atoms. The van der Waals surface area contributed by atoms with Gasteiger partial charge in [-0.25, -0.2) is 23.6 Å². The van der Waals surface area contributed by atoms with E-state index in [0.717, 1.165) is 136 Å². The minimum atomic E-state index is -1.10. The van der Waals surface area contributed by atoms with Gasteiger partial charge in [0.2, 0.25) is 0 Å². The van der Waals surface area contributed by atoms with Crippen molar-refractivity contribution in [3.05, 3.63) is 257 Å². The maximum Gasteiger partial charge on any atom is 0.338 e. The molecule has 0 atom stereocenters. The highest BCUT2D eigenvalue weighted by Gasteiger charge is 2.15. The summed E-state index contributed by atoms with van der Waals surface area (Å²) in [7, 11) is 1.42. The summed E-state index contributed by atoms with van der Waals surface area (Å²) in [5.74, 6) is -0.700. The van der Waals surface area contributed by atoms with Crippen LogP contribution in [0.25, 0.3) is 0 Å². The molecule has 0 aromatic heterocycles. The summed E-state index contributed by atoms with van der Waals surface area (Å²) in [5, 5.41) is 28.7. The van der Waals surface area contributed by atoms with Crippen LogP contribution in [-0.4, -0.2) is 69.3 Å². The van der Waals surface area contributed by atoms with Crippen LogP contribution in [0.15, 0.2) is 238 Å². The van der Waals surface area contributed by atoms with E-state index in [2.05, 4.69) is 184 Å². The van der Waals surface area contributed by atoms with E-state index in [4.69, 9.17) is 33.0 Å². The second-order valence-electron chi connectivity index (χ2n) is 26.9. The van der Waals surface area contributed by atoms with Gasteiger partial charge in [0.1, 0.15) is 5.82 Å². The van der Waals surface area contributed by atoms with Gasteiger partial charge in [0.25, 0.3) is 0 Å². The second-order valence-corrected chi connectivity index (χ2v) is 32.0. The number of thioether (sulfide) groups is 4. The Morgan fingerprint density at radius 3 is 0.952 bits per heavy atom. The van der Waals surface area contributed by atoms with Crippen molar-refractivity contribution in [3.63, 3.8) is 0 Å². The largest absolute Gasteiger partial charge is 0.478 e. The van der Waals surface area contributed by atoms with Gasteiger partial charge in [-0.15, -0.1) is 47.0 Å². The number of carbonyl (C=O) groups is 4. The number of hydrogen-bond donors (Lipinski definition) is 3. The molecule has 15 heteroatoms. The lowest BCUT2D eigenvalue weighted by Gasteiger charge is -2.06. The molecule has 4 aromatic rings. The first-order valence-corrected chi connectivity index (χ1v) is 40.6. The molecule has 4 rings (SSSR count). The van der Waals surface area contributed by atoms with Crippen LogP contribution >= 0.6 is 70.2 Å². The Balaban J connectivity index is 0.000000693. The molecule has 4 aromatic carbocycles. The molecule has 0 saturated carbocycles. The fourth-order valence-electron chi connectivity index (χ4n) is 9.70. The van der Waals surface area contributed by atoms with E-state index in [1.54, 1.807) is 42.1 Å². The van der Waals surface area contributed by atoms with Crippen molar-refractivity contribution < 1.29 is 43.6 Å². The number of benzene rings is 4. The summed E-state index contributed by atoms with van der Waals surface area (Å²) >= 11 is 18.0. The maximum absolute atomic E-state index is 13.2. The van der Waals surface area contributed by atoms with Crippen LogP contribution in [-0.2, 0) is 4.74 Å². The highest BCUT2D eigenvalue weighted by molar-refractivity contribution is 8.00. The number of carboxylic acid groups (broad SMARTS) is 3. The number of carboxylic acids is 3. The van der Waals surface area contributed by atoms with Crippen molar-refractivity contribution in [2.24, 2.45) is 0 Å². The number of esters is 1. The monoisotopic (exact) mass is 1530 g/mol. The van der Waals surface area contributed by atoms with Crippen LogP contribution in [0.4, 0.5) is 4.39 Å². The molecule has 0 amide bonds. The molecule has 0 aliphatic carbocycles. The third-order valence-electron chi connectivity index (χ3n) is 16.0. The van der Waals surface area contributed by atoms with E-state index >= 15 is 0 Å². The first kappa shape index (κ1) is 95.6. The minimum Gasteiger partial charge on any atom is -0.478 e. The lowest BCUT2D eigenvalue weighted by atomic mass is 10.1.